The van der Waals surface area contributed by atoms with Gasteiger partial charge in [0.25, 0.3) is 5.82 Å². The summed E-state index contributed by atoms with van der Waals surface area (Å²) in [7, 11) is 0. The lowest BCUT2D eigenvalue weighted by Gasteiger charge is -1.97. The largest absolute Gasteiger partial charge is 1.00 e. The molecule has 0 fully saturated rings. The number of nitrogens with zero attached hydrogens (tertiary/aromatic N) is 2. The molecule has 1 aliphatic rings. The van der Waals surface area contributed by atoms with Gasteiger partial charge in [0, 0.05) is 5.56 Å². The van der Waals surface area contributed by atoms with E-state index in [1.54, 1.807) is 6.92 Å². The minimum Gasteiger partial charge on any atom is -1.00 e. The van der Waals surface area contributed by atoms with Gasteiger partial charge in [-0.25, -0.2) is 9.13 Å². The number of imidazole rings is 1. The normalized spacial score (nSPS) is 12.9. The van der Waals surface area contributed by atoms with Crippen LogP contribution in [0.25, 0.3) is 11.3 Å². The number of aromatic nitrogens is 2. The predicted molar refractivity (Wildman–Crippen MR) is 69.1 cm³/mol. The standard InChI is InChI=1S/C15H17N2O.ClH/c1-12(18)10-16-11-14(13-6-3-2-4-7-13)17-9-5-8-15(16)17;/h2-4,6-7,11H,5,8-10H2,1H3;1H/q+1;/p-1. The van der Waals surface area contributed by atoms with Crippen molar-refractivity contribution >= 4 is 5.78 Å². The molecule has 3 rings (SSSR count). The first kappa shape index (κ1) is 13.8. The number of carbonyl (C=O) groups excluding carboxylic acids is 1. The summed E-state index contributed by atoms with van der Waals surface area (Å²) in [4.78, 5) is 11.3. The van der Waals surface area contributed by atoms with Crippen LogP contribution in [0.15, 0.2) is 36.5 Å². The van der Waals surface area contributed by atoms with Crippen LogP contribution in [-0.2, 0) is 24.3 Å². The zero-order valence-corrected chi connectivity index (χ0v) is 11.7. The van der Waals surface area contributed by atoms with E-state index in [4.69, 9.17) is 0 Å². The number of halogens is 1. The smallest absolute Gasteiger partial charge is 0.257 e. The summed E-state index contributed by atoms with van der Waals surface area (Å²) in [5.41, 5.74) is 2.45. The molecule has 2 aromatic rings. The van der Waals surface area contributed by atoms with Crippen LogP contribution in [0.5, 0.6) is 0 Å². The summed E-state index contributed by atoms with van der Waals surface area (Å²) in [6.45, 7) is 3.20. The van der Waals surface area contributed by atoms with E-state index in [9.17, 15) is 4.79 Å². The average Bonchev–Trinajstić information content (AvgIpc) is 2.93. The van der Waals surface area contributed by atoms with E-state index in [1.165, 1.54) is 23.5 Å². The van der Waals surface area contributed by atoms with Gasteiger partial charge in [-0.05, 0) is 13.3 Å². The van der Waals surface area contributed by atoms with E-state index in [0.29, 0.717) is 6.54 Å². The van der Waals surface area contributed by atoms with Crippen LogP contribution >= 0.6 is 0 Å². The quantitative estimate of drug-likeness (QED) is 0.659. The molecule has 2 heterocycles. The van der Waals surface area contributed by atoms with Crippen LogP contribution < -0.4 is 17.0 Å². The Kier molecular flexibility index (Phi) is 4.05. The third kappa shape index (κ3) is 2.56. The third-order valence-electron chi connectivity index (χ3n) is 3.46. The number of fused-ring (bicyclic) bond motifs is 1. The van der Waals surface area contributed by atoms with Crippen LogP contribution in [-0.4, -0.2) is 10.4 Å². The fourth-order valence-electron chi connectivity index (χ4n) is 2.73. The molecule has 4 heteroatoms. The zero-order valence-electron chi connectivity index (χ0n) is 11.0. The fourth-order valence-corrected chi connectivity index (χ4v) is 2.73. The first-order valence-electron chi connectivity index (χ1n) is 6.42. The Morgan fingerprint density at radius 1 is 1.32 bits per heavy atom. The highest BCUT2D eigenvalue weighted by Crippen LogP contribution is 2.24. The van der Waals surface area contributed by atoms with Gasteiger partial charge < -0.3 is 12.4 Å². The Morgan fingerprint density at radius 2 is 2.05 bits per heavy atom. The number of ketones is 1. The van der Waals surface area contributed by atoms with Crippen molar-refractivity contribution in [3.8, 4) is 11.3 Å². The Bertz CT molecular complexity index is 590. The monoisotopic (exact) mass is 276 g/mol. The van der Waals surface area contributed by atoms with Gasteiger partial charge in [-0.1, -0.05) is 30.3 Å². The van der Waals surface area contributed by atoms with Crippen LogP contribution in [0.4, 0.5) is 0 Å². The lowest BCUT2D eigenvalue weighted by Crippen LogP contribution is -3.00. The third-order valence-corrected chi connectivity index (χ3v) is 3.46. The molecule has 1 aliphatic heterocycles. The predicted octanol–water partition coefficient (Wildman–Crippen LogP) is -1.02. The Balaban J connectivity index is 0.00000133. The number of hydrogen-bond donors (Lipinski definition) is 0. The molecule has 0 spiro atoms. The summed E-state index contributed by atoms with van der Waals surface area (Å²) >= 11 is 0. The van der Waals surface area contributed by atoms with Crippen LogP contribution in [0.2, 0.25) is 0 Å². The average molecular weight is 277 g/mol. The van der Waals surface area contributed by atoms with Crippen molar-refractivity contribution < 1.29 is 21.8 Å². The molecule has 1 aromatic heterocycles. The molecule has 0 bridgehead atoms. The second kappa shape index (κ2) is 5.57. The summed E-state index contributed by atoms with van der Waals surface area (Å²) < 4.78 is 4.45. The maximum absolute atomic E-state index is 11.3. The van der Waals surface area contributed by atoms with Gasteiger partial charge in [0.05, 0.1) is 13.0 Å². The van der Waals surface area contributed by atoms with Crippen LogP contribution in [0, 0.1) is 0 Å². The molecule has 0 aliphatic carbocycles. The zero-order chi connectivity index (χ0) is 12.5. The summed E-state index contributed by atoms with van der Waals surface area (Å²) in [6.07, 6.45) is 4.36. The lowest BCUT2D eigenvalue weighted by atomic mass is 10.2. The maximum atomic E-state index is 11.3. The highest BCUT2D eigenvalue weighted by atomic mass is 35.5. The number of hydrogen-bond acceptors (Lipinski definition) is 1. The topological polar surface area (TPSA) is 25.9 Å². The van der Waals surface area contributed by atoms with Crippen LogP contribution in [0.3, 0.4) is 0 Å². The van der Waals surface area contributed by atoms with Gasteiger partial charge in [0.15, 0.2) is 11.5 Å². The molecule has 19 heavy (non-hydrogen) atoms. The summed E-state index contributed by atoms with van der Waals surface area (Å²) in [5, 5.41) is 0. The molecule has 1 aromatic carbocycles. The number of rotatable bonds is 3. The van der Waals surface area contributed by atoms with Gasteiger partial charge in [0.2, 0.25) is 0 Å². The highest BCUT2D eigenvalue weighted by molar-refractivity contribution is 5.74. The number of benzene rings is 1. The van der Waals surface area contributed by atoms with Crippen molar-refractivity contribution in [1.29, 1.82) is 0 Å². The van der Waals surface area contributed by atoms with Crippen molar-refractivity contribution in [2.45, 2.75) is 32.9 Å². The first-order chi connectivity index (χ1) is 8.75. The Hall–Kier alpha value is -1.61. The van der Waals surface area contributed by atoms with Gasteiger partial charge >= 0.3 is 0 Å². The molecule has 0 N–H and O–H groups in total. The highest BCUT2D eigenvalue weighted by Gasteiger charge is 2.28. The molecule has 0 amide bonds. The number of Topliss-reactive ketones (excluding diaryl/α,β-unsaturated/α-hetero) is 1. The molecule has 0 radical (unpaired) electrons. The maximum Gasteiger partial charge on any atom is 0.257 e. The van der Waals surface area contributed by atoms with Gasteiger partial charge in [-0.2, -0.15) is 0 Å². The van der Waals surface area contributed by atoms with Gasteiger partial charge in [0.1, 0.15) is 12.7 Å². The van der Waals surface area contributed by atoms with Gasteiger partial charge in [-0.15, -0.1) is 0 Å². The second-order valence-electron chi connectivity index (χ2n) is 4.88. The van der Waals surface area contributed by atoms with Gasteiger partial charge in [-0.3, -0.25) is 4.79 Å². The molecule has 3 nitrogen and oxygen atoms in total. The van der Waals surface area contributed by atoms with Crippen molar-refractivity contribution in [3.05, 3.63) is 42.4 Å². The first-order valence-corrected chi connectivity index (χ1v) is 6.42. The van der Waals surface area contributed by atoms with Crippen molar-refractivity contribution in [2.24, 2.45) is 0 Å². The minimum absolute atomic E-state index is 0. The SMILES string of the molecule is CC(=O)C[n+]1cc(-c2ccccc2)n2c1CCC2.[Cl-]. The number of carbonyl (C=O) groups is 1. The van der Waals surface area contributed by atoms with Crippen molar-refractivity contribution in [3.63, 3.8) is 0 Å². The second-order valence-corrected chi connectivity index (χ2v) is 4.88. The van der Waals surface area contributed by atoms with Crippen LogP contribution in [0.1, 0.15) is 19.2 Å². The van der Waals surface area contributed by atoms with Crippen molar-refractivity contribution in [1.82, 2.24) is 4.57 Å². The Labute approximate surface area is 119 Å². The van der Waals surface area contributed by atoms with E-state index in [0.717, 1.165) is 13.0 Å². The summed E-state index contributed by atoms with van der Waals surface area (Å²) in [5.74, 6) is 1.49. The summed E-state index contributed by atoms with van der Waals surface area (Å²) in [6, 6.07) is 10.4. The molecular weight excluding hydrogens is 260 g/mol. The molecule has 0 atom stereocenters. The fraction of sp³-hybridized carbons (Fsp3) is 0.333. The van der Waals surface area contributed by atoms with E-state index in [2.05, 4.69) is 39.6 Å². The molecule has 0 unspecified atom stereocenters. The molecular formula is C15H17ClN2O. The molecule has 0 saturated heterocycles. The van der Waals surface area contributed by atoms with E-state index >= 15 is 0 Å². The lowest BCUT2D eigenvalue weighted by molar-refractivity contribution is -0.690. The minimum atomic E-state index is 0. The van der Waals surface area contributed by atoms with Crippen molar-refractivity contribution in [2.75, 3.05) is 0 Å². The molecule has 0 saturated carbocycles. The van der Waals surface area contributed by atoms with E-state index in [1.807, 2.05) is 6.07 Å². The molecule has 100 valence electrons. The Morgan fingerprint density at radius 3 is 2.74 bits per heavy atom. The van der Waals surface area contributed by atoms with E-state index in [-0.39, 0.29) is 18.2 Å². The van der Waals surface area contributed by atoms with E-state index < -0.39 is 0 Å².